The lowest BCUT2D eigenvalue weighted by Gasteiger charge is -2.16. The molecule has 0 aromatic heterocycles. The van der Waals surface area contributed by atoms with Gasteiger partial charge in [-0.05, 0) is 31.6 Å². The number of unbranched alkanes of at least 4 members (excludes halogenated alkanes) is 2. The highest BCUT2D eigenvalue weighted by Gasteiger charge is 2.11. The Morgan fingerprint density at radius 1 is 1.39 bits per heavy atom. The average Bonchev–Trinajstić information content (AvgIpc) is 2.28. The van der Waals surface area contributed by atoms with E-state index in [9.17, 15) is 10.1 Å². The Hall–Kier alpha value is -1.62. The number of hydrogen-bond acceptors (Lipinski definition) is 4. The minimum Gasteiger partial charge on any atom is -0.393 e. The topological polar surface area (TPSA) is 72.4 Å². The third-order valence-electron chi connectivity index (χ3n) is 2.88. The van der Waals surface area contributed by atoms with Crippen LogP contribution < -0.4 is 5.73 Å². The molecule has 0 aliphatic heterocycles. The monoisotopic (exact) mass is 251 g/mol. The number of benzene rings is 1. The summed E-state index contributed by atoms with van der Waals surface area (Å²) in [5, 5.41) is 10.6. The Balaban J connectivity index is 2.57. The van der Waals surface area contributed by atoms with Gasteiger partial charge in [0.25, 0.3) is 5.69 Å². The first-order chi connectivity index (χ1) is 8.54. The van der Waals surface area contributed by atoms with Gasteiger partial charge in [-0.15, -0.1) is 0 Å². The lowest BCUT2D eigenvalue weighted by Crippen LogP contribution is -2.19. The molecule has 0 radical (unpaired) electrons. The maximum absolute atomic E-state index is 10.6. The highest BCUT2D eigenvalue weighted by Crippen LogP contribution is 2.22. The molecule has 0 saturated heterocycles. The van der Waals surface area contributed by atoms with Crippen molar-refractivity contribution in [1.29, 1.82) is 0 Å². The van der Waals surface area contributed by atoms with Crippen LogP contribution in [0.5, 0.6) is 0 Å². The van der Waals surface area contributed by atoms with E-state index < -0.39 is 4.92 Å². The van der Waals surface area contributed by atoms with Crippen molar-refractivity contribution in [1.82, 2.24) is 4.90 Å². The van der Waals surface area contributed by atoms with E-state index in [2.05, 4.69) is 11.8 Å². The zero-order valence-corrected chi connectivity index (χ0v) is 11.1. The van der Waals surface area contributed by atoms with Crippen molar-refractivity contribution in [3.05, 3.63) is 33.9 Å². The van der Waals surface area contributed by atoms with Gasteiger partial charge >= 0.3 is 0 Å². The second kappa shape index (κ2) is 6.96. The molecular weight excluding hydrogens is 230 g/mol. The molecule has 0 fully saturated rings. The van der Waals surface area contributed by atoms with E-state index in [-0.39, 0.29) is 11.4 Å². The molecule has 1 aromatic rings. The summed E-state index contributed by atoms with van der Waals surface area (Å²) in [5.41, 5.74) is 6.89. The number of anilines is 1. The van der Waals surface area contributed by atoms with E-state index in [0.29, 0.717) is 0 Å². The Bertz CT molecular complexity index is 407. The quantitative estimate of drug-likeness (QED) is 0.350. The first kappa shape index (κ1) is 14.4. The van der Waals surface area contributed by atoms with Crippen molar-refractivity contribution in [2.24, 2.45) is 0 Å². The van der Waals surface area contributed by atoms with Gasteiger partial charge in [-0.2, -0.15) is 0 Å². The summed E-state index contributed by atoms with van der Waals surface area (Å²) in [4.78, 5) is 12.4. The van der Waals surface area contributed by atoms with Crippen LogP contribution in [0.4, 0.5) is 11.4 Å². The van der Waals surface area contributed by atoms with Crippen LogP contribution in [0.3, 0.4) is 0 Å². The fourth-order valence-electron chi connectivity index (χ4n) is 1.89. The zero-order valence-electron chi connectivity index (χ0n) is 11.1. The number of nitrogen functional groups attached to an aromatic ring is 1. The van der Waals surface area contributed by atoms with Gasteiger partial charge in [0, 0.05) is 12.6 Å². The maximum atomic E-state index is 10.6. The van der Waals surface area contributed by atoms with Crippen LogP contribution in [0.2, 0.25) is 0 Å². The molecule has 1 rings (SSSR count). The van der Waals surface area contributed by atoms with E-state index in [4.69, 9.17) is 5.73 Å². The number of rotatable bonds is 7. The zero-order chi connectivity index (χ0) is 13.5. The van der Waals surface area contributed by atoms with E-state index in [1.54, 1.807) is 12.1 Å². The standard InChI is InChI=1S/C13H21N3O2/c1-3-4-5-8-15(2)10-11-6-7-13(16(17)18)12(14)9-11/h6-7,9H,3-5,8,10,14H2,1-2H3. The molecule has 0 saturated carbocycles. The van der Waals surface area contributed by atoms with Crippen LogP contribution in [-0.4, -0.2) is 23.4 Å². The van der Waals surface area contributed by atoms with Gasteiger partial charge in [0.1, 0.15) is 5.69 Å². The van der Waals surface area contributed by atoms with Gasteiger partial charge in [-0.25, -0.2) is 0 Å². The third kappa shape index (κ3) is 4.33. The predicted octanol–water partition coefficient (Wildman–Crippen LogP) is 2.80. The van der Waals surface area contributed by atoms with Gasteiger partial charge in [0.15, 0.2) is 0 Å². The molecule has 0 spiro atoms. The predicted molar refractivity (Wildman–Crippen MR) is 73.4 cm³/mol. The summed E-state index contributed by atoms with van der Waals surface area (Å²) in [6.07, 6.45) is 3.61. The lowest BCUT2D eigenvalue weighted by atomic mass is 10.1. The normalized spacial score (nSPS) is 10.8. The van der Waals surface area contributed by atoms with Crippen molar-refractivity contribution in [2.45, 2.75) is 32.7 Å². The average molecular weight is 251 g/mol. The van der Waals surface area contributed by atoms with Crippen LogP contribution in [-0.2, 0) is 6.54 Å². The van der Waals surface area contributed by atoms with Crippen LogP contribution in [0.1, 0.15) is 31.7 Å². The largest absolute Gasteiger partial charge is 0.393 e. The summed E-state index contributed by atoms with van der Waals surface area (Å²) < 4.78 is 0. The molecule has 0 aliphatic rings. The Morgan fingerprint density at radius 2 is 2.11 bits per heavy atom. The molecule has 0 heterocycles. The van der Waals surface area contributed by atoms with Gasteiger partial charge in [0.05, 0.1) is 4.92 Å². The molecule has 18 heavy (non-hydrogen) atoms. The fraction of sp³-hybridized carbons (Fsp3) is 0.538. The van der Waals surface area contributed by atoms with Gasteiger partial charge < -0.3 is 10.6 Å². The van der Waals surface area contributed by atoms with Crippen LogP contribution in [0, 0.1) is 10.1 Å². The van der Waals surface area contributed by atoms with Gasteiger partial charge in [0.2, 0.25) is 0 Å². The lowest BCUT2D eigenvalue weighted by molar-refractivity contribution is -0.383. The summed E-state index contributed by atoms with van der Waals surface area (Å²) in [7, 11) is 2.05. The highest BCUT2D eigenvalue weighted by molar-refractivity contribution is 5.59. The molecule has 100 valence electrons. The second-order valence-electron chi connectivity index (χ2n) is 4.60. The molecule has 5 nitrogen and oxygen atoms in total. The SMILES string of the molecule is CCCCCN(C)Cc1ccc([N+](=O)[O-])c(N)c1. The number of nitro groups is 1. The maximum Gasteiger partial charge on any atom is 0.292 e. The molecular formula is C13H21N3O2. The number of hydrogen-bond donors (Lipinski definition) is 1. The second-order valence-corrected chi connectivity index (χ2v) is 4.60. The molecule has 2 N–H and O–H groups in total. The Labute approximate surface area is 108 Å². The van der Waals surface area contributed by atoms with Crippen LogP contribution >= 0.6 is 0 Å². The van der Waals surface area contributed by atoms with Crippen molar-refractivity contribution in [2.75, 3.05) is 19.3 Å². The Kier molecular flexibility index (Phi) is 5.58. The minimum atomic E-state index is -0.454. The van der Waals surface area contributed by atoms with E-state index >= 15 is 0 Å². The molecule has 0 atom stereocenters. The smallest absolute Gasteiger partial charge is 0.292 e. The number of nitrogens with zero attached hydrogens (tertiary/aromatic N) is 2. The minimum absolute atomic E-state index is 0.0209. The molecule has 1 aromatic carbocycles. The number of nitrogens with two attached hydrogens (primary N) is 1. The first-order valence-corrected chi connectivity index (χ1v) is 6.26. The van der Waals surface area contributed by atoms with Crippen LogP contribution in [0.25, 0.3) is 0 Å². The van der Waals surface area contributed by atoms with Crippen molar-refractivity contribution < 1.29 is 4.92 Å². The van der Waals surface area contributed by atoms with Crippen LogP contribution in [0.15, 0.2) is 18.2 Å². The molecule has 0 unspecified atom stereocenters. The fourth-order valence-corrected chi connectivity index (χ4v) is 1.89. The summed E-state index contributed by atoms with van der Waals surface area (Å²) in [6.45, 7) is 3.98. The summed E-state index contributed by atoms with van der Waals surface area (Å²) in [5.74, 6) is 0. The third-order valence-corrected chi connectivity index (χ3v) is 2.88. The molecule has 0 bridgehead atoms. The molecule has 0 amide bonds. The number of nitro benzene ring substituents is 1. The van der Waals surface area contributed by atoms with E-state index in [0.717, 1.165) is 18.7 Å². The van der Waals surface area contributed by atoms with E-state index in [1.807, 2.05) is 7.05 Å². The van der Waals surface area contributed by atoms with E-state index in [1.165, 1.54) is 25.3 Å². The van der Waals surface area contributed by atoms with Crippen molar-refractivity contribution in [3.8, 4) is 0 Å². The first-order valence-electron chi connectivity index (χ1n) is 6.26. The summed E-state index contributed by atoms with van der Waals surface area (Å²) >= 11 is 0. The molecule has 5 heteroatoms. The Morgan fingerprint density at radius 3 is 2.67 bits per heavy atom. The van der Waals surface area contributed by atoms with Crippen molar-refractivity contribution in [3.63, 3.8) is 0 Å². The van der Waals surface area contributed by atoms with Gasteiger partial charge in [-0.3, -0.25) is 10.1 Å². The molecule has 0 aliphatic carbocycles. The summed E-state index contributed by atoms with van der Waals surface area (Å²) in [6, 6.07) is 4.93. The van der Waals surface area contributed by atoms with Gasteiger partial charge in [-0.1, -0.05) is 25.8 Å². The van der Waals surface area contributed by atoms with Crippen molar-refractivity contribution >= 4 is 11.4 Å². The highest BCUT2D eigenvalue weighted by atomic mass is 16.6.